The van der Waals surface area contributed by atoms with Gasteiger partial charge < -0.3 is 15.0 Å². The summed E-state index contributed by atoms with van der Waals surface area (Å²) in [7, 11) is 1.34. The number of esters is 1. The number of carbonyl (C=O) groups is 1. The average molecular weight is 285 g/mol. The fraction of sp³-hybridized carbons (Fsp3) is 0.375. The van der Waals surface area contributed by atoms with Gasteiger partial charge in [0.15, 0.2) is 5.69 Å². The van der Waals surface area contributed by atoms with Gasteiger partial charge in [-0.15, -0.1) is 0 Å². The Hall–Kier alpha value is -2.30. The van der Waals surface area contributed by atoms with E-state index >= 15 is 0 Å². The van der Waals surface area contributed by atoms with Crippen molar-refractivity contribution in [1.29, 1.82) is 0 Å². The van der Waals surface area contributed by atoms with Gasteiger partial charge in [0.25, 0.3) is 0 Å². The number of rotatable bonds is 4. The van der Waals surface area contributed by atoms with Gasteiger partial charge in [0, 0.05) is 18.4 Å². The maximum atomic E-state index is 11.7. The van der Waals surface area contributed by atoms with Crippen LogP contribution < -0.4 is 5.73 Å². The van der Waals surface area contributed by atoms with Gasteiger partial charge in [-0.3, -0.25) is 0 Å². The highest BCUT2D eigenvalue weighted by Gasteiger charge is 2.42. The van der Waals surface area contributed by atoms with Crippen LogP contribution in [0.25, 0.3) is 0 Å². The van der Waals surface area contributed by atoms with Crippen LogP contribution in [-0.4, -0.2) is 22.6 Å². The largest absolute Gasteiger partial charge is 0.464 e. The van der Waals surface area contributed by atoms with Crippen molar-refractivity contribution in [2.45, 2.75) is 31.7 Å². The molecular weight excluding hydrogens is 266 g/mol. The molecule has 0 bridgehead atoms. The van der Waals surface area contributed by atoms with Gasteiger partial charge in [-0.1, -0.05) is 37.3 Å². The number of benzene rings is 1. The van der Waals surface area contributed by atoms with Gasteiger partial charge >= 0.3 is 5.97 Å². The molecule has 1 aliphatic carbocycles. The highest BCUT2D eigenvalue weighted by molar-refractivity contribution is 5.92. The Labute approximate surface area is 123 Å². The molecule has 5 heteroatoms. The van der Waals surface area contributed by atoms with E-state index in [4.69, 9.17) is 10.5 Å². The molecular formula is C16H19N3O2. The van der Waals surface area contributed by atoms with Crippen LogP contribution in [0.15, 0.2) is 30.3 Å². The molecule has 1 aromatic carbocycles. The molecule has 3 rings (SSSR count). The molecule has 21 heavy (non-hydrogen) atoms. The van der Waals surface area contributed by atoms with Gasteiger partial charge in [-0.2, -0.15) is 0 Å². The number of nitrogens with zero attached hydrogens (tertiary/aromatic N) is 2. The number of aryl methyl sites for hydroxylation is 1. The molecule has 2 aromatic rings. The van der Waals surface area contributed by atoms with Crippen molar-refractivity contribution in [3.8, 4) is 0 Å². The fourth-order valence-electron chi connectivity index (χ4n) is 2.89. The molecule has 1 saturated carbocycles. The van der Waals surface area contributed by atoms with Gasteiger partial charge in [-0.25, -0.2) is 9.78 Å². The molecule has 5 nitrogen and oxygen atoms in total. The Kier molecular flexibility index (Phi) is 3.41. The van der Waals surface area contributed by atoms with Crippen molar-refractivity contribution in [3.63, 3.8) is 0 Å². The fourth-order valence-corrected chi connectivity index (χ4v) is 2.89. The first-order valence-electron chi connectivity index (χ1n) is 7.17. The number of nitrogen functional groups attached to an aromatic ring is 1. The van der Waals surface area contributed by atoms with Crippen LogP contribution in [0.4, 0.5) is 5.82 Å². The number of imidazole rings is 1. The molecule has 1 aromatic heterocycles. The second kappa shape index (κ2) is 5.24. The second-order valence-corrected chi connectivity index (χ2v) is 5.30. The number of methoxy groups -OCH3 is 1. The molecule has 2 unspecified atom stereocenters. The van der Waals surface area contributed by atoms with Crippen molar-refractivity contribution >= 4 is 11.8 Å². The summed E-state index contributed by atoms with van der Waals surface area (Å²) < 4.78 is 6.75. The molecule has 0 radical (unpaired) electrons. The van der Waals surface area contributed by atoms with Crippen molar-refractivity contribution < 1.29 is 9.53 Å². The third-order valence-corrected chi connectivity index (χ3v) is 4.03. The Morgan fingerprint density at radius 1 is 1.43 bits per heavy atom. The first-order valence-corrected chi connectivity index (χ1v) is 7.17. The minimum absolute atomic E-state index is 0.230. The van der Waals surface area contributed by atoms with Crippen LogP contribution in [0.2, 0.25) is 0 Å². The number of aromatic nitrogens is 2. The van der Waals surface area contributed by atoms with Crippen LogP contribution in [0.5, 0.6) is 0 Å². The Balaban J connectivity index is 1.93. The third kappa shape index (κ3) is 2.28. The summed E-state index contributed by atoms with van der Waals surface area (Å²) in [5, 5.41) is 0. The first kappa shape index (κ1) is 13.7. The Morgan fingerprint density at radius 2 is 2.14 bits per heavy atom. The van der Waals surface area contributed by atoms with E-state index < -0.39 is 5.97 Å². The second-order valence-electron chi connectivity index (χ2n) is 5.30. The maximum absolute atomic E-state index is 11.7. The summed E-state index contributed by atoms with van der Waals surface area (Å²) in [5.74, 6) is 1.23. The molecule has 110 valence electrons. The minimum atomic E-state index is -0.474. The molecule has 0 aliphatic heterocycles. The zero-order chi connectivity index (χ0) is 15.0. The molecule has 2 atom stereocenters. The van der Waals surface area contributed by atoms with Gasteiger partial charge in [-0.05, 0) is 12.0 Å². The minimum Gasteiger partial charge on any atom is -0.464 e. The van der Waals surface area contributed by atoms with E-state index in [2.05, 4.69) is 17.1 Å². The van der Waals surface area contributed by atoms with Crippen molar-refractivity contribution in [3.05, 3.63) is 47.4 Å². The lowest BCUT2D eigenvalue weighted by atomic mass is 10.1. The van der Waals surface area contributed by atoms with Crippen LogP contribution in [0.1, 0.15) is 47.2 Å². The normalized spacial score (nSPS) is 20.3. The standard InChI is InChI=1S/C16H19N3O2/c1-3-13-18-14(16(20)21-2)15(17)19(13)12-9-11(12)10-7-5-4-6-8-10/h4-8,11-12H,3,9,17H2,1-2H3. The molecule has 0 amide bonds. The number of carbonyl (C=O) groups excluding carboxylic acids is 1. The van der Waals surface area contributed by atoms with Crippen LogP contribution >= 0.6 is 0 Å². The molecule has 0 spiro atoms. The predicted octanol–water partition coefficient (Wildman–Crippen LogP) is 2.54. The van der Waals surface area contributed by atoms with E-state index in [1.165, 1.54) is 12.7 Å². The van der Waals surface area contributed by atoms with E-state index in [1.807, 2.05) is 29.7 Å². The zero-order valence-corrected chi connectivity index (χ0v) is 12.2. The summed E-state index contributed by atoms with van der Waals surface area (Å²) in [6.45, 7) is 2.01. The Morgan fingerprint density at radius 3 is 2.76 bits per heavy atom. The summed E-state index contributed by atoms with van der Waals surface area (Å²) in [5.41, 5.74) is 7.67. The molecule has 2 N–H and O–H groups in total. The number of ether oxygens (including phenoxy) is 1. The van der Waals surface area contributed by atoms with Gasteiger partial charge in [0.05, 0.1) is 7.11 Å². The quantitative estimate of drug-likeness (QED) is 0.876. The molecule has 0 saturated heterocycles. The van der Waals surface area contributed by atoms with Crippen molar-refractivity contribution in [2.75, 3.05) is 12.8 Å². The van der Waals surface area contributed by atoms with Gasteiger partial charge in [0.2, 0.25) is 0 Å². The van der Waals surface area contributed by atoms with Crippen LogP contribution in [0.3, 0.4) is 0 Å². The summed E-state index contributed by atoms with van der Waals surface area (Å²) in [6.07, 6.45) is 1.76. The predicted molar refractivity (Wildman–Crippen MR) is 80.2 cm³/mol. The highest BCUT2D eigenvalue weighted by Crippen LogP contribution is 2.53. The topological polar surface area (TPSA) is 70.1 Å². The summed E-state index contributed by atoms with van der Waals surface area (Å²) in [4.78, 5) is 16.1. The zero-order valence-electron chi connectivity index (χ0n) is 12.2. The SMILES string of the molecule is CCc1nc(C(=O)OC)c(N)n1C1CC1c1ccccc1. The maximum Gasteiger partial charge on any atom is 0.360 e. The molecule has 1 heterocycles. The third-order valence-electron chi connectivity index (χ3n) is 4.03. The Bertz CT molecular complexity index is 664. The number of anilines is 1. The summed E-state index contributed by atoms with van der Waals surface area (Å²) in [6, 6.07) is 10.6. The van der Waals surface area contributed by atoms with Crippen molar-refractivity contribution in [1.82, 2.24) is 9.55 Å². The summed E-state index contributed by atoms with van der Waals surface area (Å²) >= 11 is 0. The first-order chi connectivity index (χ1) is 10.2. The van der Waals surface area contributed by atoms with E-state index in [0.717, 1.165) is 18.7 Å². The lowest BCUT2D eigenvalue weighted by Crippen LogP contribution is -2.09. The lowest BCUT2D eigenvalue weighted by Gasteiger charge is -2.08. The van der Waals surface area contributed by atoms with Crippen LogP contribution in [-0.2, 0) is 11.2 Å². The van der Waals surface area contributed by atoms with E-state index in [1.54, 1.807) is 0 Å². The van der Waals surface area contributed by atoms with E-state index in [-0.39, 0.29) is 11.7 Å². The van der Waals surface area contributed by atoms with E-state index in [9.17, 15) is 4.79 Å². The number of hydrogen-bond donors (Lipinski definition) is 1. The van der Waals surface area contributed by atoms with Crippen molar-refractivity contribution in [2.24, 2.45) is 0 Å². The molecule has 1 aliphatic rings. The number of nitrogens with two attached hydrogens (primary N) is 1. The molecule has 1 fully saturated rings. The highest BCUT2D eigenvalue weighted by atomic mass is 16.5. The average Bonchev–Trinajstić information content (AvgIpc) is 3.24. The monoisotopic (exact) mass is 285 g/mol. The van der Waals surface area contributed by atoms with Gasteiger partial charge in [0.1, 0.15) is 11.6 Å². The number of hydrogen-bond acceptors (Lipinski definition) is 4. The van der Waals surface area contributed by atoms with Crippen LogP contribution in [0, 0.1) is 0 Å². The lowest BCUT2D eigenvalue weighted by molar-refractivity contribution is 0.0595. The smallest absolute Gasteiger partial charge is 0.360 e. The van der Waals surface area contributed by atoms with E-state index in [0.29, 0.717) is 11.7 Å².